The van der Waals surface area contributed by atoms with E-state index in [9.17, 15) is 10.4 Å². The number of aromatic nitrogens is 2. The van der Waals surface area contributed by atoms with E-state index in [1.807, 2.05) is 13.8 Å². The highest BCUT2D eigenvalue weighted by Gasteiger charge is 2.36. The summed E-state index contributed by atoms with van der Waals surface area (Å²) in [5.74, 6) is 0.285. The Morgan fingerprint density at radius 2 is 1.92 bits per heavy atom. The van der Waals surface area contributed by atoms with Crippen LogP contribution in [0.4, 0.5) is 0 Å². The molecule has 1 aliphatic heterocycles. The number of rotatable bonds is 4. The minimum absolute atomic E-state index is 0.00202. The molecule has 0 saturated carbocycles. The van der Waals surface area contributed by atoms with Crippen molar-refractivity contribution in [1.82, 2.24) is 10.2 Å². The third-order valence-corrected chi connectivity index (χ3v) is 4.38. The van der Waals surface area contributed by atoms with Crippen molar-refractivity contribution in [2.24, 2.45) is 5.73 Å². The van der Waals surface area contributed by atoms with Gasteiger partial charge in [0, 0.05) is 5.69 Å². The second-order valence-corrected chi connectivity index (χ2v) is 6.21. The number of aromatic amines is 1. The number of nitrogens with one attached hydrogen (secondary N) is 1. The van der Waals surface area contributed by atoms with E-state index in [1.165, 1.54) is 14.2 Å². The Morgan fingerprint density at radius 1 is 1.31 bits per heavy atom. The maximum absolute atomic E-state index is 10.2. The molecule has 0 unspecified atom stereocenters. The number of ether oxygens (including phenoxy) is 3. The van der Waals surface area contributed by atoms with Crippen LogP contribution in [0.2, 0.25) is 0 Å². The van der Waals surface area contributed by atoms with Crippen LogP contribution in [0.1, 0.15) is 42.5 Å². The first-order valence-corrected chi connectivity index (χ1v) is 8.03. The van der Waals surface area contributed by atoms with Gasteiger partial charge in [-0.25, -0.2) is 0 Å². The Labute approximate surface area is 150 Å². The van der Waals surface area contributed by atoms with Gasteiger partial charge in [-0.15, -0.1) is 5.10 Å². The van der Waals surface area contributed by atoms with E-state index >= 15 is 0 Å². The van der Waals surface area contributed by atoms with Gasteiger partial charge in [-0.3, -0.25) is 5.10 Å². The van der Waals surface area contributed by atoms with Crippen LogP contribution in [0, 0.1) is 11.3 Å². The molecule has 8 nitrogen and oxygen atoms in total. The summed E-state index contributed by atoms with van der Waals surface area (Å²) >= 11 is 0. The maximum atomic E-state index is 10.2. The van der Waals surface area contributed by atoms with Crippen LogP contribution in [-0.4, -0.2) is 29.5 Å². The molecule has 136 valence electrons. The number of aromatic hydroxyl groups is 1. The monoisotopic (exact) mass is 356 g/mol. The van der Waals surface area contributed by atoms with Gasteiger partial charge >= 0.3 is 0 Å². The standard InChI is InChI=1S/C18H20N4O4/c1-8(2)15-14-13(10(7-19)17(20)26-18(14)22-21-15)9-5-11(24-3)16(23)12(6-9)25-4/h5-6,8,13,23H,20H2,1-4H3,(H,21,22)/t13-/m1/s1. The number of benzene rings is 1. The molecule has 0 fully saturated rings. The highest BCUT2D eigenvalue weighted by molar-refractivity contribution is 5.61. The number of phenolic OH excluding ortho intramolecular Hbond substituents is 1. The minimum Gasteiger partial charge on any atom is -0.502 e. The van der Waals surface area contributed by atoms with Gasteiger partial charge in [0.2, 0.25) is 17.5 Å². The van der Waals surface area contributed by atoms with Gasteiger partial charge in [-0.05, 0) is 23.6 Å². The van der Waals surface area contributed by atoms with E-state index in [-0.39, 0.29) is 34.6 Å². The third-order valence-electron chi connectivity index (χ3n) is 4.38. The predicted octanol–water partition coefficient (Wildman–Crippen LogP) is 2.47. The largest absolute Gasteiger partial charge is 0.502 e. The molecular weight excluding hydrogens is 336 g/mol. The molecule has 2 aromatic rings. The number of hydrogen-bond acceptors (Lipinski definition) is 7. The first kappa shape index (κ1) is 17.5. The highest BCUT2D eigenvalue weighted by Crippen LogP contribution is 2.48. The van der Waals surface area contributed by atoms with Crippen molar-refractivity contribution in [1.29, 1.82) is 5.26 Å². The van der Waals surface area contributed by atoms with Crippen molar-refractivity contribution in [3.05, 3.63) is 40.4 Å². The molecule has 0 aliphatic carbocycles. The van der Waals surface area contributed by atoms with Gasteiger partial charge in [-0.1, -0.05) is 13.8 Å². The lowest BCUT2D eigenvalue weighted by atomic mass is 9.82. The van der Waals surface area contributed by atoms with E-state index in [0.717, 1.165) is 11.3 Å². The summed E-state index contributed by atoms with van der Waals surface area (Å²) in [5.41, 5.74) is 8.47. The molecular formula is C18H20N4O4. The van der Waals surface area contributed by atoms with Crippen molar-refractivity contribution in [2.75, 3.05) is 14.2 Å². The summed E-state index contributed by atoms with van der Waals surface area (Å²) in [7, 11) is 2.89. The molecule has 0 saturated heterocycles. The van der Waals surface area contributed by atoms with Crippen molar-refractivity contribution in [3.63, 3.8) is 0 Å². The molecule has 1 aliphatic rings. The Bertz CT molecular complexity index is 899. The van der Waals surface area contributed by atoms with Crippen molar-refractivity contribution >= 4 is 0 Å². The number of nitriles is 1. The quantitative estimate of drug-likeness (QED) is 0.768. The van der Waals surface area contributed by atoms with Crippen molar-refractivity contribution in [3.8, 4) is 29.2 Å². The highest BCUT2D eigenvalue weighted by atomic mass is 16.5. The van der Waals surface area contributed by atoms with Gasteiger partial charge < -0.3 is 25.1 Å². The number of fused-ring (bicyclic) bond motifs is 1. The van der Waals surface area contributed by atoms with Gasteiger partial charge in [0.25, 0.3) is 0 Å². The van der Waals surface area contributed by atoms with E-state index in [1.54, 1.807) is 12.1 Å². The molecule has 2 heterocycles. The summed E-state index contributed by atoms with van der Waals surface area (Å²) < 4.78 is 16.0. The van der Waals surface area contributed by atoms with E-state index < -0.39 is 5.92 Å². The normalized spacial score (nSPS) is 16.1. The van der Waals surface area contributed by atoms with Gasteiger partial charge in [0.05, 0.1) is 25.7 Å². The van der Waals surface area contributed by atoms with Crippen LogP contribution < -0.4 is 19.9 Å². The Balaban J connectivity index is 2.30. The van der Waals surface area contributed by atoms with Crippen LogP contribution in [0.3, 0.4) is 0 Å². The SMILES string of the molecule is COc1cc([C@@H]2C(C#N)=C(N)Oc3n[nH]c(C(C)C)c32)cc(OC)c1O. The molecule has 26 heavy (non-hydrogen) atoms. The first-order valence-electron chi connectivity index (χ1n) is 8.03. The number of H-pyrrole nitrogens is 1. The van der Waals surface area contributed by atoms with E-state index in [2.05, 4.69) is 16.3 Å². The summed E-state index contributed by atoms with van der Waals surface area (Å²) in [6, 6.07) is 5.44. The summed E-state index contributed by atoms with van der Waals surface area (Å²) in [4.78, 5) is 0. The number of allylic oxidation sites excluding steroid dienone is 1. The Hall–Kier alpha value is -3.34. The molecule has 0 spiro atoms. The average molecular weight is 356 g/mol. The molecule has 8 heteroatoms. The van der Waals surface area contributed by atoms with E-state index in [4.69, 9.17) is 19.9 Å². The summed E-state index contributed by atoms with van der Waals surface area (Å²) in [5, 5.41) is 27.0. The van der Waals surface area contributed by atoms with Crippen LogP contribution >= 0.6 is 0 Å². The lowest BCUT2D eigenvalue weighted by Crippen LogP contribution is -2.21. The minimum atomic E-state index is -0.525. The van der Waals surface area contributed by atoms with Crippen LogP contribution in [0.15, 0.2) is 23.6 Å². The molecule has 3 rings (SSSR count). The lowest BCUT2D eigenvalue weighted by molar-refractivity contribution is 0.338. The van der Waals surface area contributed by atoms with E-state index in [0.29, 0.717) is 11.4 Å². The lowest BCUT2D eigenvalue weighted by Gasteiger charge is -2.25. The number of phenols is 1. The fourth-order valence-corrected chi connectivity index (χ4v) is 3.12. The third kappa shape index (κ3) is 2.58. The molecule has 1 atom stereocenters. The van der Waals surface area contributed by atoms with Crippen LogP contribution in [-0.2, 0) is 0 Å². The zero-order chi connectivity index (χ0) is 19.0. The van der Waals surface area contributed by atoms with Crippen LogP contribution in [0.25, 0.3) is 0 Å². The average Bonchev–Trinajstić information content (AvgIpc) is 3.04. The zero-order valence-corrected chi connectivity index (χ0v) is 15.0. The smallest absolute Gasteiger partial charge is 0.244 e. The van der Waals surface area contributed by atoms with Crippen LogP contribution in [0.5, 0.6) is 23.1 Å². The zero-order valence-electron chi connectivity index (χ0n) is 15.0. The molecule has 4 N–H and O–H groups in total. The Kier molecular flexibility index (Phi) is 4.38. The molecule has 0 amide bonds. The Morgan fingerprint density at radius 3 is 2.42 bits per heavy atom. The second kappa shape index (κ2) is 6.52. The summed E-state index contributed by atoms with van der Waals surface area (Å²) in [6.45, 7) is 4.02. The number of hydrogen-bond donors (Lipinski definition) is 3. The predicted molar refractivity (Wildman–Crippen MR) is 93.2 cm³/mol. The van der Waals surface area contributed by atoms with Gasteiger partial charge in [0.1, 0.15) is 11.6 Å². The molecule has 1 aromatic carbocycles. The van der Waals surface area contributed by atoms with Crippen molar-refractivity contribution in [2.45, 2.75) is 25.7 Å². The first-order chi connectivity index (χ1) is 12.4. The maximum Gasteiger partial charge on any atom is 0.244 e. The topological polar surface area (TPSA) is 126 Å². The van der Waals surface area contributed by atoms with Gasteiger partial charge in [-0.2, -0.15) is 5.26 Å². The number of nitrogens with zero attached hydrogens (tertiary/aromatic N) is 2. The molecule has 0 bridgehead atoms. The number of nitrogens with two attached hydrogens (primary N) is 1. The van der Waals surface area contributed by atoms with Crippen molar-refractivity contribution < 1.29 is 19.3 Å². The fraction of sp³-hybridized carbons (Fsp3) is 0.333. The van der Waals surface area contributed by atoms with Gasteiger partial charge in [0.15, 0.2) is 11.5 Å². The fourth-order valence-electron chi connectivity index (χ4n) is 3.12. The second-order valence-electron chi connectivity index (χ2n) is 6.21. The molecule has 1 aromatic heterocycles. The summed E-state index contributed by atoms with van der Waals surface area (Å²) in [6.07, 6.45) is 0. The molecule has 0 radical (unpaired) electrons. The number of methoxy groups -OCH3 is 2.